The van der Waals surface area contributed by atoms with Crippen LogP contribution in [0.25, 0.3) is 0 Å². The van der Waals surface area contributed by atoms with Crippen LogP contribution in [0.4, 0.5) is 0 Å². The molecule has 2 rings (SSSR count). The Morgan fingerprint density at radius 2 is 2.31 bits per heavy atom. The molecule has 0 aliphatic rings. The highest BCUT2D eigenvalue weighted by Gasteiger charge is 1.96. The van der Waals surface area contributed by atoms with E-state index in [1.165, 1.54) is 5.56 Å². The molecule has 0 aliphatic heterocycles. The number of ether oxygens (including phenoxy) is 1. The second-order valence-electron chi connectivity index (χ2n) is 2.78. The Labute approximate surface area is 81.6 Å². The van der Waals surface area contributed by atoms with E-state index < -0.39 is 0 Å². The van der Waals surface area contributed by atoms with Crippen molar-refractivity contribution in [2.75, 3.05) is 0 Å². The van der Waals surface area contributed by atoms with Crippen LogP contribution in [0.15, 0.2) is 35.7 Å². The van der Waals surface area contributed by atoms with E-state index in [1.807, 2.05) is 42.6 Å². The van der Waals surface area contributed by atoms with Gasteiger partial charge in [0.05, 0.1) is 0 Å². The molecule has 0 unspecified atom stereocenters. The van der Waals surface area contributed by atoms with Crippen molar-refractivity contribution in [3.05, 3.63) is 47.3 Å². The fourth-order valence-corrected chi connectivity index (χ4v) is 1.61. The monoisotopic (exact) mass is 189 g/mol. The summed E-state index contributed by atoms with van der Waals surface area (Å²) in [7, 11) is 0. The lowest BCUT2D eigenvalue weighted by molar-refractivity contribution is 0.496. The van der Waals surface area contributed by atoms with Crippen LogP contribution in [0, 0.1) is 13.0 Å². The fourth-order valence-electron chi connectivity index (χ4n) is 1.08. The molecule has 2 heteroatoms. The molecule has 1 aromatic heterocycles. The number of hydrogen-bond acceptors (Lipinski definition) is 2. The van der Waals surface area contributed by atoms with E-state index in [2.05, 4.69) is 6.07 Å². The van der Waals surface area contributed by atoms with Crippen molar-refractivity contribution in [2.45, 2.75) is 6.92 Å². The highest BCUT2D eigenvalue weighted by atomic mass is 32.1. The number of thiophene rings is 1. The summed E-state index contributed by atoms with van der Waals surface area (Å²) in [5.41, 5.74) is 1.21. The summed E-state index contributed by atoms with van der Waals surface area (Å²) in [6.07, 6.45) is 0. The maximum absolute atomic E-state index is 5.59. The first-order chi connectivity index (χ1) is 6.34. The Hall–Kier alpha value is -1.28. The zero-order chi connectivity index (χ0) is 9.10. The maximum atomic E-state index is 5.59. The molecule has 0 bridgehead atoms. The zero-order valence-electron chi connectivity index (χ0n) is 7.28. The first-order valence-corrected chi connectivity index (χ1v) is 4.92. The van der Waals surface area contributed by atoms with Crippen molar-refractivity contribution >= 4 is 11.3 Å². The van der Waals surface area contributed by atoms with Crippen LogP contribution in [-0.4, -0.2) is 0 Å². The summed E-state index contributed by atoms with van der Waals surface area (Å²) < 4.78 is 5.59. The van der Waals surface area contributed by atoms with Crippen molar-refractivity contribution in [1.82, 2.24) is 0 Å². The van der Waals surface area contributed by atoms with Crippen LogP contribution in [0.3, 0.4) is 0 Å². The largest absolute Gasteiger partial charge is 0.447 e. The molecule has 1 heterocycles. The average molecular weight is 189 g/mol. The third-order valence-electron chi connectivity index (χ3n) is 1.65. The molecule has 0 amide bonds. The highest BCUT2D eigenvalue weighted by Crippen LogP contribution is 2.25. The average Bonchev–Trinajstić information content (AvgIpc) is 2.57. The van der Waals surface area contributed by atoms with E-state index in [0.717, 1.165) is 10.8 Å². The molecule has 0 spiro atoms. The van der Waals surface area contributed by atoms with E-state index in [4.69, 9.17) is 4.74 Å². The molecular formula is C11H9OS. The molecule has 1 nitrogen and oxygen atoms in total. The van der Waals surface area contributed by atoms with E-state index in [-0.39, 0.29) is 0 Å². The second kappa shape index (κ2) is 3.62. The summed E-state index contributed by atoms with van der Waals surface area (Å²) in [5, 5.41) is 2.76. The molecule has 65 valence electrons. The number of hydrogen-bond donors (Lipinski definition) is 0. The van der Waals surface area contributed by atoms with Gasteiger partial charge in [-0.05, 0) is 30.7 Å². The molecule has 0 atom stereocenters. The normalized spacial score (nSPS) is 9.92. The van der Waals surface area contributed by atoms with Gasteiger partial charge in [-0.2, -0.15) is 0 Å². The lowest BCUT2D eigenvalue weighted by Gasteiger charge is -2.02. The topological polar surface area (TPSA) is 9.23 Å². The highest BCUT2D eigenvalue weighted by molar-refractivity contribution is 7.11. The van der Waals surface area contributed by atoms with Crippen LogP contribution >= 0.6 is 11.3 Å². The van der Waals surface area contributed by atoms with Gasteiger partial charge < -0.3 is 4.74 Å². The van der Waals surface area contributed by atoms with Crippen LogP contribution in [-0.2, 0) is 0 Å². The first-order valence-electron chi connectivity index (χ1n) is 4.04. The minimum atomic E-state index is 0.880. The van der Waals surface area contributed by atoms with Crippen molar-refractivity contribution in [1.29, 1.82) is 0 Å². The summed E-state index contributed by atoms with van der Waals surface area (Å²) >= 11 is 1.55. The fraction of sp³-hybridized carbons (Fsp3) is 0.0909. The van der Waals surface area contributed by atoms with Gasteiger partial charge in [0, 0.05) is 11.4 Å². The molecule has 0 N–H and O–H groups in total. The van der Waals surface area contributed by atoms with E-state index in [0.29, 0.717) is 0 Å². The van der Waals surface area contributed by atoms with Crippen LogP contribution in [0.2, 0.25) is 0 Å². The van der Waals surface area contributed by atoms with Gasteiger partial charge in [-0.25, -0.2) is 0 Å². The number of rotatable bonds is 2. The minimum Gasteiger partial charge on any atom is -0.447 e. The molecule has 13 heavy (non-hydrogen) atoms. The van der Waals surface area contributed by atoms with Gasteiger partial charge in [-0.15, -0.1) is 11.3 Å². The van der Waals surface area contributed by atoms with Gasteiger partial charge >= 0.3 is 0 Å². The maximum Gasteiger partial charge on any atom is 0.181 e. The van der Waals surface area contributed by atoms with Crippen molar-refractivity contribution in [3.63, 3.8) is 0 Å². The Bertz CT molecular complexity index is 379. The molecule has 2 aromatic rings. The zero-order valence-corrected chi connectivity index (χ0v) is 8.10. The smallest absolute Gasteiger partial charge is 0.181 e. The third-order valence-corrected chi connectivity index (χ3v) is 2.34. The van der Waals surface area contributed by atoms with Crippen molar-refractivity contribution < 1.29 is 4.74 Å². The van der Waals surface area contributed by atoms with Gasteiger partial charge in [0.1, 0.15) is 5.75 Å². The lowest BCUT2D eigenvalue weighted by atomic mass is 10.2. The van der Waals surface area contributed by atoms with Crippen molar-refractivity contribution in [2.24, 2.45) is 0 Å². The van der Waals surface area contributed by atoms with E-state index >= 15 is 0 Å². The Morgan fingerprint density at radius 1 is 1.38 bits per heavy atom. The number of benzene rings is 1. The summed E-state index contributed by atoms with van der Waals surface area (Å²) in [6.45, 7) is 2.05. The minimum absolute atomic E-state index is 0.880. The van der Waals surface area contributed by atoms with Gasteiger partial charge in [-0.3, -0.25) is 0 Å². The molecular weight excluding hydrogens is 180 g/mol. The molecule has 0 saturated carbocycles. The van der Waals surface area contributed by atoms with E-state index in [9.17, 15) is 0 Å². The quantitative estimate of drug-likeness (QED) is 0.700. The molecule has 1 aromatic carbocycles. The van der Waals surface area contributed by atoms with Gasteiger partial charge in [0.25, 0.3) is 0 Å². The molecule has 0 aliphatic carbocycles. The molecule has 0 saturated heterocycles. The van der Waals surface area contributed by atoms with Gasteiger partial charge in [0.15, 0.2) is 5.06 Å². The van der Waals surface area contributed by atoms with Crippen LogP contribution in [0.5, 0.6) is 10.8 Å². The molecule has 0 fully saturated rings. The third kappa shape index (κ3) is 2.10. The first kappa shape index (κ1) is 8.32. The van der Waals surface area contributed by atoms with Crippen molar-refractivity contribution in [3.8, 4) is 10.8 Å². The Balaban J connectivity index is 2.19. The van der Waals surface area contributed by atoms with Gasteiger partial charge in [0.2, 0.25) is 0 Å². The predicted molar refractivity (Wildman–Crippen MR) is 54.4 cm³/mol. The predicted octanol–water partition coefficient (Wildman–Crippen LogP) is 3.65. The second-order valence-corrected chi connectivity index (χ2v) is 3.66. The Kier molecular flexibility index (Phi) is 2.32. The summed E-state index contributed by atoms with van der Waals surface area (Å²) in [6, 6.07) is 12.8. The van der Waals surface area contributed by atoms with Gasteiger partial charge in [-0.1, -0.05) is 12.1 Å². The molecule has 1 radical (unpaired) electrons. The standard InChI is InChI=1S/C11H9OS/c1-9-4-2-5-10(8-9)12-11-6-3-7-13-11/h2,4-8H,1H3. The van der Waals surface area contributed by atoms with Crippen LogP contribution in [0.1, 0.15) is 5.56 Å². The summed E-state index contributed by atoms with van der Waals surface area (Å²) in [4.78, 5) is 0. The summed E-state index contributed by atoms with van der Waals surface area (Å²) in [5.74, 6) is 0.885. The van der Waals surface area contributed by atoms with Crippen LogP contribution < -0.4 is 4.74 Å². The Morgan fingerprint density at radius 3 is 3.00 bits per heavy atom. The SMILES string of the molecule is Cc1cccc(Oc2c[c]cs2)c1. The number of aryl methyl sites for hydroxylation is 1. The van der Waals surface area contributed by atoms with E-state index in [1.54, 1.807) is 11.3 Å². The lowest BCUT2D eigenvalue weighted by Crippen LogP contribution is -1.80.